The van der Waals surface area contributed by atoms with Crippen LogP contribution in [-0.4, -0.2) is 37.8 Å². The number of nitrogens with one attached hydrogen (secondary N) is 1. The Morgan fingerprint density at radius 2 is 1.93 bits per heavy atom. The summed E-state index contributed by atoms with van der Waals surface area (Å²) < 4.78 is 32.8. The molecule has 1 saturated heterocycles. The van der Waals surface area contributed by atoms with Crippen molar-refractivity contribution in [3.05, 3.63) is 60.2 Å². The second-order valence-electron chi connectivity index (χ2n) is 7.56. The smallest absolute Gasteiger partial charge is 0.243 e. The lowest BCUT2D eigenvalue weighted by Crippen LogP contribution is -2.43. The summed E-state index contributed by atoms with van der Waals surface area (Å²) in [6.45, 7) is 5.06. The lowest BCUT2D eigenvalue weighted by Gasteiger charge is -2.31. The van der Waals surface area contributed by atoms with Crippen LogP contribution in [0.1, 0.15) is 32.3 Å². The van der Waals surface area contributed by atoms with E-state index in [0.717, 1.165) is 5.56 Å². The summed E-state index contributed by atoms with van der Waals surface area (Å²) in [5.41, 5.74) is 1.68. The van der Waals surface area contributed by atoms with Gasteiger partial charge in [0.05, 0.1) is 23.5 Å². The van der Waals surface area contributed by atoms with Crippen LogP contribution in [0.15, 0.2) is 59.5 Å². The number of ether oxygens (including phenoxy) is 1. The summed E-state index contributed by atoms with van der Waals surface area (Å²) in [7, 11) is -3.59. The van der Waals surface area contributed by atoms with E-state index in [1.807, 2.05) is 38.1 Å². The van der Waals surface area contributed by atoms with Crippen LogP contribution >= 0.6 is 0 Å². The van der Waals surface area contributed by atoms with Crippen molar-refractivity contribution >= 4 is 21.6 Å². The molecule has 0 spiro atoms. The summed E-state index contributed by atoms with van der Waals surface area (Å²) in [5.74, 6) is -0.530. The van der Waals surface area contributed by atoms with Crippen molar-refractivity contribution in [3.8, 4) is 0 Å². The van der Waals surface area contributed by atoms with Crippen LogP contribution in [0.4, 0.5) is 5.69 Å². The van der Waals surface area contributed by atoms with Crippen molar-refractivity contribution in [1.29, 1.82) is 0 Å². The maximum atomic E-state index is 12.9. The zero-order chi connectivity index (χ0) is 20.9. The molecule has 2 aromatic rings. The molecule has 7 heteroatoms. The quantitative estimate of drug-likeness (QED) is 0.748. The number of rotatable bonds is 7. The summed E-state index contributed by atoms with van der Waals surface area (Å²) in [4.78, 5) is 13.1. The van der Waals surface area contributed by atoms with Gasteiger partial charge in [0.2, 0.25) is 15.9 Å². The van der Waals surface area contributed by atoms with E-state index in [9.17, 15) is 13.2 Å². The molecular weight excluding hydrogens is 388 g/mol. The van der Waals surface area contributed by atoms with Gasteiger partial charge in [0.25, 0.3) is 0 Å². The maximum absolute atomic E-state index is 12.9. The summed E-state index contributed by atoms with van der Waals surface area (Å²) in [6.07, 6.45) is 1.46. The van der Waals surface area contributed by atoms with Crippen LogP contribution in [0.3, 0.4) is 0 Å². The van der Waals surface area contributed by atoms with Gasteiger partial charge in [0.1, 0.15) is 0 Å². The van der Waals surface area contributed by atoms with Gasteiger partial charge in [-0.15, -0.1) is 0 Å². The number of carbonyl (C=O) groups excluding carboxylic acids is 1. The minimum Gasteiger partial charge on any atom is -0.374 e. The number of anilines is 1. The van der Waals surface area contributed by atoms with E-state index in [1.54, 1.807) is 30.3 Å². The average molecular weight is 417 g/mol. The van der Waals surface area contributed by atoms with E-state index in [2.05, 4.69) is 5.32 Å². The predicted octanol–water partition coefficient (Wildman–Crippen LogP) is 3.65. The molecule has 156 valence electrons. The van der Waals surface area contributed by atoms with Gasteiger partial charge in [0.15, 0.2) is 0 Å². The second kappa shape index (κ2) is 9.52. The van der Waals surface area contributed by atoms with Crippen molar-refractivity contribution in [3.63, 3.8) is 0 Å². The molecule has 1 heterocycles. The molecule has 1 N–H and O–H groups in total. The van der Waals surface area contributed by atoms with Crippen LogP contribution in [0, 0.1) is 5.92 Å². The first-order valence-corrected chi connectivity index (χ1v) is 11.4. The normalized spacial score (nSPS) is 18.0. The first-order valence-electron chi connectivity index (χ1n) is 9.93. The van der Waals surface area contributed by atoms with E-state index in [-0.39, 0.29) is 29.4 Å². The largest absolute Gasteiger partial charge is 0.374 e. The van der Waals surface area contributed by atoms with Gasteiger partial charge in [-0.25, -0.2) is 8.42 Å². The van der Waals surface area contributed by atoms with E-state index < -0.39 is 10.0 Å². The molecule has 1 unspecified atom stereocenters. The fraction of sp³-hybridized carbons (Fsp3) is 0.409. The number of sulfonamides is 1. The summed E-state index contributed by atoms with van der Waals surface area (Å²) >= 11 is 0. The van der Waals surface area contributed by atoms with Crippen molar-refractivity contribution in [2.45, 2.75) is 44.3 Å². The first kappa shape index (κ1) is 21.5. The van der Waals surface area contributed by atoms with E-state index in [1.165, 1.54) is 4.31 Å². The Balaban J connectivity index is 1.65. The summed E-state index contributed by atoms with van der Waals surface area (Å²) in [6, 6.07) is 15.9. The van der Waals surface area contributed by atoms with Crippen molar-refractivity contribution in [2.24, 2.45) is 5.92 Å². The van der Waals surface area contributed by atoms with Crippen molar-refractivity contribution < 1.29 is 17.9 Å². The third-order valence-corrected chi connectivity index (χ3v) is 6.79. The highest BCUT2D eigenvalue weighted by Crippen LogP contribution is 2.25. The molecule has 0 saturated carbocycles. The molecule has 1 fully saturated rings. The van der Waals surface area contributed by atoms with Crippen LogP contribution < -0.4 is 5.32 Å². The number of hydrogen-bond donors (Lipinski definition) is 1. The van der Waals surface area contributed by atoms with Gasteiger partial charge < -0.3 is 10.1 Å². The molecule has 1 amide bonds. The Kier molecular flexibility index (Phi) is 7.05. The van der Waals surface area contributed by atoms with Gasteiger partial charge in [-0.2, -0.15) is 4.31 Å². The zero-order valence-corrected chi connectivity index (χ0v) is 17.7. The number of piperidine rings is 1. The maximum Gasteiger partial charge on any atom is 0.243 e. The lowest BCUT2D eigenvalue weighted by molar-refractivity contribution is -0.120. The third kappa shape index (κ3) is 5.65. The van der Waals surface area contributed by atoms with E-state index in [0.29, 0.717) is 31.7 Å². The third-order valence-electron chi connectivity index (χ3n) is 4.91. The van der Waals surface area contributed by atoms with Crippen LogP contribution in [0.2, 0.25) is 0 Å². The second-order valence-corrected chi connectivity index (χ2v) is 9.50. The highest BCUT2D eigenvalue weighted by molar-refractivity contribution is 7.89. The molecule has 29 heavy (non-hydrogen) atoms. The number of hydrogen-bond acceptors (Lipinski definition) is 4. The number of benzene rings is 2. The Morgan fingerprint density at radius 3 is 2.66 bits per heavy atom. The fourth-order valence-electron chi connectivity index (χ4n) is 3.36. The van der Waals surface area contributed by atoms with Gasteiger partial charge in [-0.1, -0.05) is 30.3 Å². The minimum atomic E-state index is -3.59. The Morgan fingerprint density at radius 1 is 1.17 bits per heavy atom. The molecule has 0 aliphatic carbocycles. The van der Waals surface area contributed by atoms with Crippen LogP contribution in [-0.2, 0) is 26.2 Å². The Hall–Kier alpha value is -2.22. The fourth-order valence-corrected chi connectivity index (χ4v) is 4.91. The Labute approximate surface area is 172 Å². The molecule has 3 rings (SSSR count). The highest BCUT2D eigenvalue weighted by atomic mass is 32.2. The molecule has 0 bridgehead atoms. The molecule has 6 nitrogen and oxygen atoms in total. The van der Waals surface area contributed by atoms with E-state index in [4.69, 9.17) is 4.74 Å². The number of amides is 1. The lowest BCUT2D eigenvalue weighted by atomic mass is 9.98. The van der Waals surface area contributed by atoms with Gasteiger partial charge in [-0.05, 0) is 56.5 Å². The van der Waals surface area contributed by atoms with Crippen LogP contribution in [0.25, 0.3) is 0 Å². The SMILES string of the molecule is CC(C)OCc1cccc(NC(=O)C2CCCN(S(=O)(=O)c3ccccc3)C2)c1. The molecular formula is C22H28N2O4S. The molecule has 1 aliphatic heterocycles. The Bertz CT molecular complexity index is 929. The molecule has 0 radical (unpaired) electrons. The van der Waals surface area contributed by atoms with Crippen LogP contribution in [0.5, 0.6) is 0 Å². The standard InChI is InChI=1S/C22H28N2O4S/c1-17(2)28-16-18-8-6-10-20(14-18)23-22(25)19-9-7-13-24(15-19)29(26,27)21-11-4-3-5-12-21/h3-6,8,10-12,14,17,19H,7,9,13,15-16H2,1-2H3,(H,23,25). The topological polar surface area (TPSA) is 75.7 Å². The van der Waals surface area contributed by atoms with Gasteiger partial charge >= 0.3 is 0 Å². The molecule has 1 aliphatic rings. The monoisotopic (exact) mass is 416 g/mol. The minimum absolute atomic E-state index is 0.132. The average Bonchev–Trinajstić information content (AvgIpc) is 2.73. The van der Waals surface area contributed by atoms with Crippen molar-refractivity contribution in [2.75, 3.05) is 18.4 Å². The predicted molar refractivity (Wildman–Crippen MR) is 113 cm³/mol. The number of nitrogens with zero attached hydrogens (tertiary/aromatic N) is 1. The highest BCUT2D eigenvalue weighted by Gasteiger charge is 2.33. The van der Waals surface area contributed by atoms with Gasteiger partial charge in [-0.3, -0.25) is 4.79 Å². The first-order chi connectivity index (χ1) is 13.9. The zero-order valence-electron chi connectivity index (χ0n) is 16.9. The van der Waals surface area contributed by atoms with Crippen molar-refractivity contribution in [1.82, 2.24) is 4.31 Å². The van der Waals surface area contributed by atoms with E-state index >= 15 is 0 Å². The molecule has 1 atom stereocenters. The molecule has 0 aromatic heterocycles. The molecule has 2 aromatic carbocycles. The van der Waals surface area contributed by atoms with Gasteiger partial charge in [0, 0.05) is 18.8 Å². The number of carbonyl (C=O) groups is 1. The summed E-state index contributed by atoms with van der Waals surface area (Å²) in [5, 5.41) is 2.94.